The number of carboxylic acid groups (broad SMARTS) is 1. The Labute approximate surface area is 193 Å². The highest BCUT2D eigenvalue weighted by atomic mass is 19.4. The molecule has 0 amide bonds. The SMILES string of the molecule is CC(CCC(=O)O)c1cc(N)c2c(C(F)(F)F)c(OC3CCC(C(C)(C)C)CC3)ccc2c1. The molecule has 1 fully saturated rings. The van der Waals surface area contributed by atoms with Gasteiger partial charge in [-0.2, -0.15) is 13.2 Å². The van der Waals surface area contributed by atoms with E-state index in [4.69, 9.17) is 15.6 Å². The van der Waals surface area contributed by atoms with Crippen molar-refractivity contribution < 1.29 is 27.8 Å². The molecule has 3 N–H and O–H groups in total. The van der Waals surface area contributed by atoms with E-state index in [0.717, 1.165) is 31.2 Å². The second-order valence-corrected chi connectivity index (χ2v) is 10.4. The molecular weight excluding hydrogens is 431 g/mol. The molecule has 1 saturated carbocycles. The summed E-state index contributed by atoms with van der Waals surface area (Å²) in [6.07, 6.45) is -1.19. The number of nitrogens with two attached hydrogens (primary N) is 1. The minimum atomic E-state index is -4.62. The number of ether oxygens (including phenoxy) is 1. The molecule has 1 aliphatic rings. The predicted octanol–water partition coefficient (Wildman–Crippen LogP) is 7.39. The van der Waals surface area contributed by atoms with Gasteiger partial charge in [-0.05, 0) is 72.4 Å². The highest BCUT2D eigenvalue weighted by molar-refractivity contribution is 5.98. The number of nitrogen functional groups attached to an aromatic ring is 1. The first-order chi connectivity index (χ1) is 15.3. The van der Waals surface area contributed by atoms with Crippen molar-refractivity contribution in [2.75, 3.05) is 5.73 Å². The van der Waals surface area contributed by atoms with E-state index in [9.17, 15) is 18.0 Å². The summed E-state index contributed by atoms with van der Waals surface area (Å²) in [6.45, 7) is 8.44. The summed E-state index contributed by atoms with van der Waals surface area (Å²) >= 11 is 0. The first-order valence-electron chi connectivity index (χ1n) is 11.6. The highest BCUT2D eigenvalue weighted by Crippen LogP contribution is 2.46. The summed E-state index contributed by atoms with van der Waals surface area (Å²) in [7, 11) is 0. The molecule has 1 atom stereocenters. The molecule has 2 aromatic carbocycles. The number of aliphatic carboxylic acids is 1. The van der Waals surface area contributed by atoms with Crippen LogP contribution in [-0.2, 0) is 11.0 Å². The van der Waals surface area contributed by atoms with Crippen LogP contribution in [0.5, 0.6) is 5.75 Å². The van der Waals surface area contributed by atoms with Gasteiger partial charge in [-0.1, -0.05) is 39.8 Å². The van der Waals surface area contributed by atoms with Crippen LogP contribution in [0, 0.1) is 11.3 Å². The summed E-state index contributed by atoms with van der Waals surface area (Å²) in [4.78, 5) is 10.9. The summed E-state index contributed by atoms with van der Waals surface area (Å²) in [5.41, 5.74) is 6.24. The molecule has 0 saturated heterocycles. The quantitative estimate of drug-likeness (QED) is 0.436. The smallest absolute Gasteiger partial charge is 0.420 e. The van der Waals surface area contributed by atoms with Gasteiger partial charge in [0.05, 0.1) is 6.10 Å². The minimum absolute atomic E-state index is 0.0167. The molecule has 0 aromatic heterocycles. The second kappa shape index (κ2) is 9.43. The van der Waals surface area contributed by atoms with Gasteiger partial charge in [0.2, 0.25) is 0 Å². The molecule has 4 nitrogen and oxygen atoms in total. The number of benzene rings is 2. The van der Waals surface area contributed by atoms with Gasteiger partial charge in [0.1, 0.15) is 11.3 Å². The van der Waals surface area contributed by atoms with Crippen LogP contribution in [0.3, 0.4) is 0 Å². The maximum atomic E-state index is 14.2. The molecule has 182 valence electrons. The first kappa shape index (κ1) is 25.2. The Hall–Kier alpha value is -2.44. The predicted molar refractivity (Wildman–Crippen MR) is 124 cm³/mol. The Morgan fingerprint density at radius 2 is 1.79 bits per heavy atom. The van der Waals surface area contributed by atoms with Gasteiger partial charge in [-0.15, -0.1) is 0 Å². The Kier molecular flexibility index (Phi) is 7.20. The van der Waals surface area contributed by atoms with E-state index in [1.54, 1.807) is 12.1 Å². The van der Waals surface area contributed by atoms with Gasteiger partial charge in [-0.25, -0.2) is 0 Å². The van der Waals surface area contributed by atoms with Crippen LogP contribution in [0.25, 0.3) is 10.8 Å². The van der Waals surface area contributed by atoms with E-state index in [0.29, 0.717) is 17.7 Å². The third-order valence-electron chi connectivity index (χ3n) is 6.97. The highest BCUT2D eigenvalue weighted by Gasteiger charge is 2.39. The first-order valence-corrected chi connectivity index (χ1v) is 11.6. The maximum Gasteiger partial charge on any atom is 0.420 e. The number of rotatable bonds is 6. The van der Waals surface area contributed by atoms with E-state index in [2.05, 4.69) is 20.8 Å². The van der Waals surface area contributed by atoms with E-state index >= 15 is 0 Å². The Bertz CT molecular complexity index is 1000. The second-order valence-electron chi connectivity index (χ2n) is 10.4. The summed E-state index contributed by atoms with van der Waals surface area (Å²) in [6, 6.07) is 6.21. The number of hydrogen-bond donors (Lipinski definition) is 2. The van der Waals surface area contributed by atoms with E-state index in [-0.39, 0.29) is 40.7 Å². The van der Waals surface area contributed by atoms with E-state index in [1.807, 2.05) is 6.92 Å². The summed E-state index contributed by atoms with van der Waals surface area (Å²) < 4.78 is 48.5. The third-order valence-corrected chi connectivity index (χ3v) is 6.97. The number of carboxylic acids is 1. The lowest BCUT2D eigenvalue weighted by atomic mass is 9.72. The normalized spacial score (nSPS) is 20.6. The lowest BCUT2D eigenvalue weighted by Crippen LogP contribution is -2.31. The number of fused-ring (bicyclic) bond motifs is 1. The minimum Gasteiger partial charge on any atom is -0.490 e. The summed E-state index contributed by atoms with van der Waals surface area (Å²) in [5.74, 6) is -0.690. The molecule has 1 unspecified atom stereocenters. The fraction of sp³-hybridized carbons (Fsp3) is 0.577. The maximum absolute atomic E-state index is 14.2. The van der Waals surface area contributed by atoms with Gasteiger partial charge in [0.25, 0.3) is 0 Å². The van der Waals surface area contributed by atoms with Crippen molar-refractivity contribution >= 4 is 22.4 Å². The monoisotopic (exact) mass is 465 g/mol. The topological polar surface area (TPSA) is 72.5 Å². The molecule has 3 rings (SSSR count). The van der Waals surface area contributed by atoms with Crippen molar-refractivity contribution in [1.29, 1.82) is 0 Å². The van der Waals surface area contributed by atoms with Crippen LogP contribution in [0.4, 0.5) is 18.9 Å². The Morgan fingerprint density at radius 1 is 1.15 bits per heavy atom. The van der Waals surface area contributed by atoms with Crippen LogP contribution in [0.15, 0.2) is 24.3 Å². The van der Waals surface area contributed by atoms with E-state index in [1.165, 1.54) is 12.1 Å². The van der Waals surface area contributed by atoms with Crippen molar-refractivity contribution in [2.24, 2.45) is 11.3 Å². The van der Waals surface area contributed by atoms with Gasteiger partial charge < -0.3 is 15.6 Å². The van der Waals surface area contributed by atoms with Crippen molar-refractivity contribution in [1.82, 2.24) is 0 Å². The average Bonchev–Trinajstić information content (AvgIpc) is 2.70. The van der Waals surface area contributed by atoms with E-state index < -0.39 is 17.7 Å². The number of hydrogen-bond acceptors (Lipinski definition) is 3. The Balaban J connectivity index is 1.93. The van der Waals surface area contributed by atoms with Gasteiger partial charge >= 0.3 is 12.1 Å². The molecule has 2 aromatic rings. The fourth-order valence-corrected chi connectivity index (χ4v) is 4.90. The average molecular weight is 466 g/mol. The van der Waals surface area contributed by atoms with Crippen LogP contribution in [0.1, 0.15) is 83.3 Å². The molecule has 0 bridgehead atoms. The Morgan fingerprint density at radius 3 is 2.33 bits per heavy atom. The fourth-order valence-electron chi connectivity index (χ4n) is 4.90. The molecule has 1 aliphatic carbocycles. The van der Waals surface area contributed by atoms with Crippen molar-refractivity contribution in [3.63, 3.8) is 0 Å². The summed E-state index contributed by atoms with van der Waals surface area (Å²) in [5, 5.41) is 9.24. The number of halogens is 3. The van der Waals surface area contributed by atoms with Gasteiger partial charge in [0.15, 0.2) is 0 Å². The van der Waals surface area contributed by atoms with Crippen LogP contribution in [-0.4, -0.2) is 17.2 Å². The van der Waals surface area contributed by atoms with Crippen LogP contribution in [0.2, 0.25) is 0 Å². The number of carbonyl (C=O) groups is 1. The standard InChI is InChI=1S/C26H34F3NO3/c1-15(5-12-22(31)32)17-13-16-6-11-21(24(26(27,28)29)23(16)20(30)14-17)33-19-9-7-18(8-10-19)25(2,3)4/h6,11,13-15,18-19H,5,7-10,12,30H2,1-4H3,(H,31,32). The van der Waals surface area contributed by atoms with Crippen LogP contribution < -0.4 is 10.5 Å². The number of alkyl halides is 3. The zero-order valence-corrected chi connectivity index (χ0v) is 19.8. The molecule has 0 spiro atoms. The molecular formula is C26H34F3NO3. The third kappa shape index (κ3) is 5.92. The van der Waals surface area contributed by atoms with Gasteiger partial charge in [-0.3, -0.25) is 4.79 Å². The largest absolute Gasteiger partial charge is 0.490 e. The molecule has 33 heavy (non-hydrogen) atoms. The van der Waals surface area contributed by atoms with Crippen LogP contribution >= 0.6 is 0 Å². The van der Waals surface area contributed by atoms with Gasteiger partial charge in [0, 0.05) is 17.5 Å². The molecule has 0 radical (unpaired) electrons. The molecule has 0 heterocycles. The lowest BCUT2D eigenvalue weighted by molar-refractivity contribution is -0.138. The zero-order chi connectivity index (χ0) is 24.6. The van der Waals surface area contributed by atoms with Crippen molar-refractivity contribution in [2.45, 2.75) is 84.4 Å². The van der Waals surface area contributed by atoms with Crippen molar-refractivity contribution in [3.05, 3.63) is 35.4 Å². The van der Waals surface area contributed by atoms with Crippen molar-refractivity contribution in [3.8, 4) is 5.75 Å². The zero-order valence-electron chi connectivity index (χ0n) is 19.8. The lowest BCUT2D eigenvalue weighted by Gasteiger charge is -2.37. The number of anilines is 1. The molecule has 7 heteroatoms. The molecule has 0 aliphatic heterocycles.